The van der Waals surface area contributed by atoms with Gasteiger partial charge in [-0.25, -0.2) is 4.57 Å². The molecule has 8 nitrogen and oxygen atoms in total. The second-order valence-corrected chi connectivity index (χ2v) is 16.8. The largest absolute Gasteiger partial charge is 0.472 e. The molecule has 9 heteroatoms. The topological polar surface area (TPSA) is 91.3 Å². The highest BCUT2D eigenvalue weighted by molar-refractivity contribution is 7.47. The maximum Gasteiger partial charge on any atom is 0.472 e. The van der Waals surface area contributed by atoms with Crippen LogP contribution in [0.2, 0.25) is 0 Å². The maximum atomic E-state index is 12.6. The Morgan fingerprint density at radius 2 is 0.885 bits per heavy atom. The van der Waals surface area contributed by atoms with Crippen LogP contribution in [0, 0.1) is 0 Å². The molecule has 0 aromatic carbocycles. The third-order valence-corrected chi connectivity index (χ3v) is 9.41. The fourth-order valence-corrected chi connectivity index (χ4v) is 5.76. The van der Waals surface area contributed by atoms with Gasteiger partial charge in [-0.05, 0) is 96.3 Å². The predicted molar refractivity (Wildman–Crippen MR) is 260 cm³/mol. The first kappa shape index (κ1) is 57.4. The molecule has 0 rings (SSSR count). The number of carbonyl (C=O) groups excluding carboxylic acids is 1. The van der Waals surface area contributed by atoms with E-state index in [9.17, 15) is 14.3 Å². The van der Waals surface area contributed by atoms with Crippen LogP contribution in [0.5, 0.6) is 0 Å². The summed E-state index contributed by atoms with van der Waals surface area (Å²) >= 11 is 0. The van der Waals surface area contributed by atoms with Crippen molar-refractivity contribution in [3.8, 4) is 0 Å². The van der Waals surface area contributed by atoms with Gasteiger partial charge in [0.1, 0.15) is 19.3 Å². The van der Waals surface area contributed by atoms with E-state index in [1.807, 2.05) is 27.2 Å². The molecule has 0 aliphatic rings. The average molecular weight is 865 g/mol. The van der Waals surface area contributed by atoms with Crippen LogP contribution in [0.25, 0.3) is 0 Å². The van der Waals surface area contributed by atoms with Crippen LogP contribution in [0.1, 0.15) is 117 Å². The van der Waals surface area contributed by atoms with E-state index in [2.05, 4.69) is 148 Å². The maximum absolute atomic E-state index is 12.6. The molecule has 342 valence electrons. The molecule has 61 heavy (non-hydrogen) atoms. The molecule has 0 spiro atoms. The Kier molecular flexibility index (Phi) is 40.5. The van der Waals surface area contributed by atoms with Gasteiger partial charge in [-0.15, -0.1) is 0 Å². The smallest absolute Gasteiger partial charge is 0.457 e. The predicted octanol–water partition coefficient (Wildman–Crippen LogP) is 13.7. The Morgan fingerprint density at radius 3 is 1.28 bits per heavy atom. The first-order chi connectivity index (χ1) is 29.6. The third-order valence-electron chi connectivity index (χ3n) is 8.43. The Morgan fingerprint density at radius 1 is 0.508 bits per heavy atom. The molecule has 1 N–H and O–H groups in total. The van der Waals surface area contributed by atoms with E-state index in [4.69, 9.17) is 18.5 Å². The minimum absolute atomic E-state index is 0.0504. The zero-order valence-corrected chi connectivity index (χ0v) is 39.5. The van der Waals surface area contributed by atoms with Gasteiger partial charge in [0.2, 0.25) is 0 Å². The summed E-state index contributed by atoms with van der Waals surface area (Å²) in [6, 6.07) is 0. The van der Waals surface area contributed by atoms with Gasteiger partial charge in [0.05, 0.1) is 40.8 Å². The number of esters is 1. The number of quaternary nitrogens is 1. The van der Waals surface area contributed by atoms with Gasteiger partial charge in [0, 0.05) is 6.61 Å². The molecule has 0 aliphatic heterocycles. The van der Waals surface area contributed by atoms with E-state index in [0.717, 1.165) is 89.9 Å². The number of ether oxygens (including phenoxy) is 2. The summed E-state index contributed by atoms with van der Waals surface area (Å²) < 4.78 is 34.8. The van der Waals surface area contributed by atoms with Crippen molar-refractivity contribution in [2.24, 2.45) is 0 Å². The van der Waals surface area contributed by atoms with Gasteiger partial charge < -0.3 is 18.9 Å². The molecular formula is C52H83NO7P+. The fourth-order valence-electron chi connectivity index (χ4n) is 5.02. The number of hydrogen-bond donors (Lipinski definition) is 1. The summed E-state index contributed by atoms with van der Waals surface area (Å²) in [5.41, 5.74) is 0. The van der Waals surface area contributed by atoms with E-state index in [-0.39, 0.29) is 26.2 Å². The molecule has 2 atom stereocenters. The summed E-state index contributed by atoms with van der Waals surface area (Å²) in [6.45, 7) is 5.08. The molecule has 0 radical (unpaired) electrons. The van der Waals surface area contributed by atoms with Crippen molar-refractivity contribution in [2.45, 2.75) is 123 Å². The molecular weight excluding hydrogens is 782 g/mol. The van der Waals surface area contributed by atoms with Crippen molar-refractivity contribution in [1.82, 2.24) is 0 Å². The standard InChI is InChI=1S/C52H82NO7P/c1-6-8-10-12-14-16-18-20-22-23-24-25-26-27-28-29-30-32-34-36-38-40-42-44-47-57-49-51(50-59-61(55,56)58-48-46-53(3,4)5)60-52(54)45-43-41-39-37-35-33-31-21-19-17-15-13-11-9-7-2/h8-11,14-17,20-22,24-25,27-28,30-32,35-38,41,43,51H,6-7,12-13,18-19,23,26,29,33-34,39-40,42,44-50H2,1-5H3/p+1/b10-8-,11-9-,16-14-,17-15-,22-20-,25-24-,28-27-,31-21-,32-30-,37-35-,38-36-,43-41-. The summed E-state index contributed by atoms with van der Waals surface area (Å²) in [6.07, 6.45) is 65.0. The molecule has 0 fully saturated rings. The summed E-state index contributed by atoms with van der Waals surface area (Å²) in [4.78, 5) is 22.8. The fraction of sp³-hybridized carbons (Fsp3) is 0.519. The van der Waals surface area contributed by atoms with E-state index in [1.165, 1.54) is 0 Å². The number of unbranched alkanes of at least 4 members (excludes halogenated alkanes) is 2. The second kappa shape index (κ2) is 43.0. The normalized spacial score (nSPS) is 15.0. The molecule has 0 saturated heterocycles. The quantitative estimate of drug-likeness (QED) is 0.0216. The lowest BCUT2D eigenvalue weighted by molar-refractivity contribution is -0.870. The van der Waals surface area contributed by atoms with Gasteiger partial charge in [-0.2, -0.15) is 0 Å². The molecule has 0 amide bonds. The third kappa shape index (κ3) is 47.3. The average Bonchev–Trinajstić information content (AvgIpc) is 3.22. The molecule has 2 unspecified atom stereocenters. The number of nitrogens with zero attached hydrogens (tertiary/aromatic N) is 1. The highest BCUT2D eigenvalue weighted by Crippen LogP contribution is 2.43. The van der Waals surface area contributed by atoms with Crippen molar-refractivity contribution in [3.05, 3.63) is 146 Å². The Labute approximate surface area is 372 Å². The molecule has 0 saturated carbocycles. The van der Waals surface area contributed by atoms with Crippen LogP contribution in [0.4, 0.5) is 0 Å². The number of likely N-dealkylation sites (N-methyl/N-ethyl adjacent to an activating group) is 1. The van der Waals surface area contributed by atoms with Gasteiger partial charge >= 0.3 is 13.8 Å². The van der Waals surface area contributed by atoms with Gasteiger partial charge in [-0.1, -0.05) is 160 Å². The highest BCUT2D eigenvalue weighted by Gasteiger charge is 2.26. The van der Waals surface area contributed by atoms with Crippen molar-refractivity contribution in [2.75, 3.05) is 54.1 Å². The summed E-state index contributed by atoms with van der Waals surface area (Å²) in [5.74, 6) is -0.464. The SMILES string of the molecule is CC/C=C\C/C=C\C/C=C\C/C=C\C/C=C\C/C=C\C/C=C\CCCCOCC(COP(=O)(O)OCC[N+](C)(C)C)OC(=O)C/C=C\C/C=C\C/C=C\C/C=C\C/C=C\CC. The lowest BCUT2D eigenvalue weighted by Crippen LogP contribution is -2.37. The molecule has 0 aromatic rings. The molecule has 0 heterocycles. The van der Waals surface area contributed by atoms with Crippen LogP contribution in [-0.2, 0) is 27.9 Å². The van der Waals surface area contributed by atoms with Crippen LogP contribution < -0.4 is 0 Å². The van der Waals surface area contributed by atoms with Gasteiger partial charge in [-0.3, -0.25) is 13.8 Å². The number of hydrogen-bond acceptors (Lipinski definition) is 6. The minimum Gasteiger partial charge on any atom is -0.457 e. The van der Waals surface area contributed by atoms with Crippen molar-refractivity contribution in [3.63, 3.8) is 0 Å². The second-order valence-electron chi connectivity index (χ2n) is 15.3. The van der Waals surface area contributed by atoms with Crippen molar-refractivity contribution >= 4 is 13.8 Å². The zero-order chi connectivity index (χ0) is 44.8. The Hall–Kier alpha value is -3.62. The minimum atomic E-state index is -4.33. The first-order valence-electron chi connectivity index (χ1n) is 22.6. The van der Waals surface area contributed by atoms with E-state index < -0.39 is 19.9 Å². The molecule has 0 bridgehead atoms. The Balaban J connectivity index is 4.45. The van der Waals surface area contributed by atoms with E-state index in [0.29, 0.717) is 24.1 Å². The van der Waals surface area contributed by atoms with Crippen molar-refractivity contribution in [1.29, 1.82) is 0 Å². The monoisotopic (exact) mass is 865 g/mol. The van der Waals surface area contributed by atoms with Crippen molar-refractivity contribution < 1.29 is 37.3 Å². The summed E-state index contributed by atoms with van der Waals surface area (Å²) in [5, 5.41) is 0. The zero-order valence-electron chi connectivity index (χ0n) is 38.6. The number of allylic oxidation sites excluding steroid dienone is 23. The number of rotatable bonds is 39. The lowest BCUT2D eigenvalue weighted by Gasteiger charge is -2.24. The van der Waals surface area contributed by atoms with Crippen LogP contribution in [-0.4, -0.2) is 75.6 Å². The number of phosphoric acid groups is 1. The van der Waals surface area contributed by atoms with Crippen LogP contribution in [0.3, 0.4) is 0 Å². The lowest BCUT2D eigenvalue weighted by atomic mass is 10.2. The Bertz CT molecular complexity index is 1470. The van der Waals surface area contributed by atoms with Crippen LogP contribution in [0.15, 0.2) is 146 Å². The molecule has 0 aromatic heterocycles. The van der Waals surface area contributed by atoms with E-state index in [1.54, 1.807) is 6.08 Å². The summed E-state index contributed by atoms with van der Waals surface area (Å²) in [7, 11) is 1.55. The van der Waals surface area contributed by atoms with E-state index >= 15 is 0 Å². The first-order valence-corrected chi connectivity index (χ1v) is 24.1. The highest BCUT2D eigenvalue weighted by atomic mass is 31.2. The van der Waals surface area contributed by atoms with Crippen LogP contribution >= 0.6 is 7.82 Å². The van der Waals surface area contributed by atoms with Gasteiger partial charge in [0.15, 0.2) is 0 Å². The van der Waals surface area contributed by atoms with Gasteiger partial charge in [0.25, 0.3) is 0 Å². The molecule has 0 aliphatic carbocycles. The number of phosphoric ester groups is 1. The number of carbonyl (C=O) groups is 1.